The molecule has 86 valence electrons. The number of carbonyl (C=O) groups excluding carboxylic acids is 2. The molecular formula is C11H18O4. The smallest absolute Gasteiger partial charge is 0.311 e. The Bertz CT molecular complexity index is 251. The molecule has 0 bridgehead atoms. The van der Waals surface area contributed by atoms with Crippen molar-refractivity contribution in [3.63, 3.8) is 0 Å². The molecule has 0 unspecified atom stereocenters. The van der Waals surface area contributed by atoms with Gasteiger partial charge in [0.05, 0.1) is 25.6 Å². The van der Waals surface area contributed by atoms with Gasteiger partial charge in [0.15, 0.2) is 0 Å². The zero-order valence-electron chi connectivity index (χ0n) is 9.54. The van der Waals surface area contributed by atoms with Crippen molar-refractivity contribution in [1.29, 1.82) is 0 Å². The molecule has 4 nitrogen and oxygen atoms in total. The van der Waals surface area contributed by atoms with Crippen LogP contribution in [-0.4, -0.2) is 26.2 Å². The average molecular weight is 214 g/mol. The Labute approximate surface area is 89.9 Å². The summed E-state index contributed by atoms with van der Waals surface area (Å²) in [5.74, 6) is -0.388. The van der Waals surface area contributed by atoms with Crippen molar-refractivity contribution in [2.45, 2.75) is 32.6 Å². The summed E-state index contributed by atoms with van der Waals surface area (Å²) in [5.41, 5.74) is -0.417. The predicted octanol–water partition coefficient (Wildman–Crippen LogP) is 1.53. The van der Waals surface area contributed by atoms with Crippen LogP contribution < -0.4 is 0 Å². The minimum absolute atomic E-state index is 0.0484. The third-order valence-corrected chi connectivity index (χ3v) is 3.30. The van der Waals surface area contributed by atoms with E-state index >= 15 is 0 Å². The number of methoxy groups -OCH3 is 2. The van der Waals surface area contributed by atoms with Crippen LogP contribution in [0.3, 0.4) is 0 Å². The molecule has 0 aromatic carbocycles. The predicted molar refractivity (Wildman–Crippen MR) is 54.1 cm³/mol. The minimum Gasteiger partial charge on any atom is -0.469 e. The van der Waals surface area contributed by atoms with Crippen LogP contribution in [0.25, 0.3) is 0 Å². The van der Waals surface area contributed by atoms with E-state index in [1.165, 1.54) is 14.2 Å². The molecule has 0 atom stereocenters. The Morgan fingerprint density at radius 1 is 1.13 bits per heavy atom. The highest BCUT2D eigenvalue weighted by Gasteiger charge is 2.40. The van der Waals surface area contributed by atoms with Gasteiger partial charge < -0.3 is 9.47 Å². The molecule has 0 aromatic heterocycles. The molecule has 1 rings (SSSR count). The Balaban J connectivity index is 2.55. The molecule has 0 saturated heterocycles. The van der Waals surface area contributed by atoms with Crippen LogP contribution >= 0.6 is 0 Å². The lowest BCUT2D eigenvalue weighted by atomic mass is 9.72. The second kappa shape index (κ2) is 4.64. The van der Waals surface area contributed by atoms with E-state index in [0.717, 1.165) is 0 Å². The zero-order valence-corrected chi connectivity index (χ0v) is 9.54. The molecule has 1 aliphatic carbocycles. The van der Waals surface area contributed by atoms with Crippen LogP contribution in [-0.2, 0) is 19.1 Å². The lowest BCUT2D eigenvalue weighted by Gasteiger charge is -2.33. The number of esters is 2. The van der Waals surface area contributed by atoms with E-state index in [0.29, 0.717) is 25.7 Å². The van der Waals surface area contributed by atoms with Gasteiger partial charge in [-0.05, 0) is 32.6 Å². The fourth-order valence-electron chi connectivity index (χ4n) is 2.11. The van der Waals surface area contributed by atoms with Gasteiger partial charge in [0.2, 0.25) is 0 Å². The van der Waals surface area contributed by atoms with E-state index in [1.54, 1.807) is 0 Å². The lowest BCUT2D eigenvalue weighted by molar-refractivity contribution is -0.157. The van der Waals surface area contributed by atoms with Gasteiger partial charge in [-0.3, -0.25) is 9.59 Å². The molecule has 0 aliphatic heterocycles. The molecule has 0 heterocycles. The van der Waals surface area contributed by atoms with E-state index in [4.69, 9.17) is 4.74 Å². The first-order valence-electron chi connectivity index (χ1n) is 5.20. The molecule has 0 radical (unpaired) electrons. The fraction of sp³-hybridized carbons (Fsp3) is 0.818. The van der Waals surface area contributed by atoms with E-state index < -0.39 is 5.41 Å². The summed E-state index contributed by atoms with van der Waals surface area (Å²) >= 11 is 0. The Kier molecular flexibility index (Phi) is 3.72. The number of hydrogen-bond acceptors (Lipinski definition) is 4. The van der Waals surface area contributed by atoms with Crippen LogP contribution in [0.4, 0.5) is 0 Å². The van der Waals surface area contributed by atoms with Gasteiger partial charge in [0, 0.05) is 0 Å². The quantitative estimate of drug-likeness (QED) is 0.654. The van der Waals surface area contributed by atoms with Gasteiger partial charge in [-0.1, -0.05) is 0 Å². The summed E-state index contributed by atoms with van der Waals surface area (Å²) in [4.78, 5) is 22.8. The van der Waals surface area contributed by atoms with Gasteiger partial charge in [0.25, 0.3) is 0 Å². The molecule has 0 amide bonds. The second-order valence-electron chi connectivity index (χ2n) is 4.35. The molecule has 1 aliphatic rings. The van der Waals surface area contributed by atoms with Crippen molar-refractivity contribution < 1.29 is 19.1 Å². The van der Waals surface area contributed by atoms with Crippen molar-refractivity contribution in [2.75, 3.05) is 14.2 Å². The van der Waals surface area contributed by atoms with Crippen molar-refractivity contribution in [3.05, 3.63) is 0 Å². The van der Waals surface area contributed by atoms with Crippen LogP contribution in [0.15, 0.2) is 0 Å². The van der Waals surface area contributed by atoms with Gasteiger partial charge in [-0.2, -0.15) is 0 Å². The minimum atomic E-state index is -0.417. The zero-order chi connectivity index (χ0) is 11.5. The third kappa shape index (κ3) is 2.49. The summed E-state index contributed by atoms with van der Waals surface area (Å²) in [5, 5.41) is 0. The fourth-order valence-corrected chi connectivity index (χ4v) is 2.11. The topological polar surface area (TPSA) is 52.6 Å². The normalized spacial score (nSPS) is 30.7. The summed E-state index contributed by atoms with van der Waals surface area (Å²) in [6.45, 7) is 1.90. The van der Waals surface area contributed by atoms with Crippen LogP contribution in [0, 0.1) is 11.3 Å². The van der Waals surface area contributed by atoms with Crippen molar-refractivity contribution in [2.24, 2.45) is 11.3 Å². The Hall–Kier alpha value is -1.06. The van der Waals surface area contributed by atoms with Gasteiger partial charge in [-0.15, -0.1) is 0 Å². The van der Waals surface area contributed by atoms with Gasteiger partial charge in [0.1, 0.15) is 0 Å². The average Bonchev–Trinajstić information content (AvgIpc) is 2.28. The highest BCUT2D eigenvalue weighted by atomic mass is 16.5. The first-order chi connectivity index (χ1) is 7.03. The molecule has 1 fully saturated rings. The first kappa shape index (κ1) is 12.0. The standard InChI is InChI=1S/C11H18O4/c1-11(10(13)15-3)6-4-8(5-7-11)9(12)14-2/h8H,4-7H2,1-3H3/t8-,11+. The number of hydrogen-bond donors (Lipinski definition) is 0. The Morgan fingerprint density at radius 3 is 2.07 bits per heavy atom. The van der Waals surface area contributed by atoms with E-state index in [2.05, 4.69) is 4.74 Å². The van der Waals surface area contributed by atoms with E-state index in [9.17, 15) is 9.59 Å². The van der Waals surface area contributed by atoms with Crippen LogP contribution in [0.5, 0.6) is 0 Å². The monoisotopic (exact) mass is 214 g/mol. The van der Waals surface area contributed by atoms with Gasteiger partial charge in [-0.25, -0.2) is 0 Å². The summed E-state index contributed by atoms with van der Waals surface area (Å²) in [6, 6.07) is 0. The number of rotatable bonds is 2. The number of ether oxygens (including phenoxy) is 2. The first-order valence-corrected chi connectivity index (χ1v) is 5.20. The molecule has 15 heavy (non-hydrogen) atoms. The summed E-state index contributed by atoms with van der Waals surface area (Å²) in [7, 11) is 2.80. The maximum absolute atomic E-state index is 11.5. The second-order valence-corrected chi connectivity index (χ2v) is 4.35. The molecule has 1 saturated carbocycles. The maximum Gasteiger partial charge on any atom is 0.311 e. The lowest BCUT2D eigenvalue weighted by Crippen LogP contribution is -2.35. The summed E-state index contributed by atoms with van der Waals surface area (Å²) < 4.78 is 9.45. The SMILES string of the molecule is COC(=O)[C@H]1CC[C@@](C)(C(=O)OC)CC1. The number of carbonyl (C=O) groups is 2. The maximum atomic E-state index is 11.5. The largest absolute Gasteiger partial charge is 0.469 e. The van der Waals surface area contributed by atoms with E-state index in [1.807, 2.05) is 6.92 Å². The summed E-state index contributed by atoms with van der Waals surface area (Å²) in [6.07, 6.45) is 2.80. The molecule has 4 heteroatoms. The van der Waals surface area contributed by atoms with Gasteiger partial charge >= 0.3 is 11.9 Å². The Morgan fingerprint density at radius 2 is 1.67 bits per heavy atom. The highest BCUT2D eigenvalue weighted by Crippen LogP contribution is 2.39. The molecule has 0 spiro atoms. The highest BCUT2D eigenvalue weighted by molar-refractivity contribution is 5.77. The molecule has 0 aromatic rings. The van der Waals surface area contributed by atoms with E-state index in [-0.39, 0.29) is 17.9 Å². The third-order valence-electron chi connectivity index (χ3n) is 3.30. The van der Waals surface area contributed by atoms with Crippen molar-refractivity contribution in [3.8, 4) is 0 Å². The van der Waals surface area contributed by atoms with Crippen molar-refractivity contribution >= 4 is 11.9 Å². The van der Waals surface area contributed by atoms with Crippen LogP contribution in [0.2, 0.25) is 0 Å². The molecule has 0 N–H and O–H groups in total. The van der Waals surface area contributed by atoms with Crippen molar-refractivity contribution in [1.82, 2.24) is 0 Å². The van der Waals surface area contributed by atoms with Crippen LogP contribution in [0.1, 0.15) is 32.6 Å². The molecular weight excluding hydrogens is 196 g/mol.